The highest BCUT2D eigenvalue weighted by atomic mass is 16.4. The molecule has 0 aromatic carbocycles. The maximum Gasteiger partial charge on any atom is 0.326 e. The molecule has 0 spiro atoms. The first kappa shape index (κ1) is 43.0. The van der Waals surface area contributed by atoms with E-state index in [-0.39, 0.29) is 72.0 Å². The van der Waals surface area contributed by atoms with Gasteiger partial charge in [-0.25, -0.2) is 14.8 Å². The van der Waals surface area contributed by atoms with Crippen LogP contribution in [0.5, 0.6) is 0 Å². The molecule has 0 saturated carbocycles. The zero-order valence-electron chi connectivity index (χ0n) is 30.4. The molecular weight excluding hydrogens is 680 g/mol. The minimum absolute atomic E-state index is 0.0169. The fourth-order valence-electron chi connectivity index (χ4n) is 5.40. The molecule has 0 aliphatic rings. The average Bonchev–Trinajstić information content (AvgIpc) is 3.73. The summed E-state index contributed by atoms with van der Waals surface area (Å²) in [7, 11) is 0. The number of carbonyl (C=O) groups is 7. The summed E-state index contributed by atoms with van der Waals surface area (Å²) in [5.74, 6) is -6.02. The van der Waals surface area contributed by atoms with Crippen LogP contribution in [0.15, 0.2) is 12.7 Å². The maximum atomic E-state index is 13.4. The fraction of sp³-hybridized carbons (Fsp3) is 0.606. The zero-order chi connectivity index (χ0) is 39.1. The van der Waals surface area contributed by atoms with Crippen LogP contribution in [-0.4, -0.2) is 115 Å². The molecule has 0 bridgehead atoms. The Morgan fingerprint density at radius 1 is 0.673 bits per heavy atom. The van der Waals surface area contributed by atoms with Gasteiger partial charge in [0.1, 0.15) is 17.4 Å². The van der Waals surface area contributed by atoms with Gasteiger partial charge in [0.05, 0.1) is 31.7 Å². The number of rotatable bonds is 23. The number of nitrogens with one attached hydrogen (secondary N) is 7. The van der Waals surface area contributed by atoms with Crippen molar-refractivity contribution in [1.29, 1.82) is 0 Å². The maximum absolute atomic E-state index is 13.4. The first-order chi connectivity index (χ1) is 24.4. The van der Waals surface area contributed by atoms with E-state index in [0.717, 1.165) is 6.33 Å². The summed E-state index contributed by atoms with van der Waals surface area (Å²) in [6.07, 6.45) is 2.80. The van der Waals surface area contributed by atoms with Gasteiger partial charge in [-0.1, -0.05) is 41.5 Å². The van der Waals surface area contributed by atoms with E-state index in [2.05, 4.69) is 46.5 Å². The van der Waals surface area contributed by atoms with E-state index >= 15 is 0 Å². The third-order valence-corrected chi connectivity index (χ3v) is 7.70. The van der Waals surface area contributed by atoms with Crippen LogP contribution >= 0.6 is 0 Å². The molecule has 4 amide bonds. The fourth-order valence-corrected chi connectivity index (χ4v) is 5.40. The lowest BCUT2D eigenvalue weighted by Gasteiger charge is -2.23. The molecule has 2 aromatic heterocycles. The minimum atomic E-state index is -1.74. The largest absolute Gasteiger partial charge is 0.481 e. The van der Waals surface area contributed by atoms with Gasteiger partial charge in [-0.15, -0.1) is 0 Å². The second-order valence-electron chi connectivity index (χ2n) is 13.8. The highest BCUT2D eigenvalue weighted by molar-refractivity contribution is 6.07. The number of nitrogens with zero attached hydrogens (tertiary/aromatic N) is 2. The number of carboxylic acids is 2. The van der Waals surface area contributed by atoms with Crippen molar-refractivity contribution < 1.29 is 43.8 Å². The van der Waals surface area contributed by atoms with Crippen molar-refractivity contribution in [3.8, 4) is 0 Å². The van der Waals surface area contributed by atoms with Crippen LogP contribution in [0.25, 0.3) is 0 Å². The second kappa shape index (κ2) is 20.6. The van der Waals surface area contributed by atoms with Crippen LogP contribution in [0, 0.1) is 17.8 Å². The van der Waals surface area contributed by atoms with Gasteiger partial charge < -0.3 is 52.5 Å². The summed E-state index contributed by atoms with van der Waals surface area (Å²) in [6, 6.07) is -3.53. The number of ketones is 1. The van der Waals surface area contributed by atoms with Gasteiger partial charge in [-0.3, -0.25) is 28.8 Å². The molecule has 52 heavy (non-hydrogen) atoms. The molecule has 2 aromatic rings. The number of aromatic nitrogens is 4. The number of aromatic amines is 2. The van der Waals surface area contributed by atoms with Gasteiger partial charge in [0.25, 0.3) is 23.6 Å². The smallest absolute Gasteiger partial charge is 0.326 e. The molecule has 2 rings (SSSR count). The van der Waals surface area contributed by atoms with Crippen molar-refractivity contribution in [2.75, 3.05) is 19.6 Å². The van der Waals surface area contributed by atoms with Gasteiger partial charge >= 0.3 is 11.9 Å². The Morgan fingerprint density at radius 2 is 1.13 bits per heavy atom. The van der Waals surface area contributed by atoms with E-state index in [1.54, 1.807) is 0 Å². The Labute approximate surface area is 301 Å². The molecule has 288 valence electrons. The Bertz CT molecular complexity index is 1550. The Hall–Kier alpha value is -5.17. The van der Waals surface area contributed by atoms with Crippen LogP contribution in [0.1, 0.15) is 109 Å². The molecule has 19 nitrogen and oxygen atoms in total. The highest BCUT2D eigenvalue weighted by Crippen LogP contribution is 2.12. The number of carboxylic acid groups (broad SMARTS) is 2. The first-order valence-electron chi connectivity index (χ1n) is 17.1. The average molecular weight is 733 g/mol. The molecule has 0 unspecified atom stereocenters. The Kier molecular flexibility index (Phi) is 17.1. The van der Waals surface area contributed by atoms with Crippen LogP contribution < -0.4 is 32.3 Å². The van der Waals surface area contributed by atoms with Gasteiger partial charge in [0.2, 0.25) is 0 Å². The predicted molar refractivity (Wildman–Crippen MR) is 187 cm³/mol. The molecule has 0 saturated heterocycles. The first-order valence-corrected chi connectivity index (χ1v) is 17.1. The van der Waals surface area contributed by atoms with Gasteiger partial charge in [-0.05, 0) is 37.0 Å². The standard InChI is InChI=1S/C33H52N10O9/c1-16(2)7-19(11-34)40-29(47)25-27(38-14-36-25)31(49)42-21(9-18(5)6)23(44)13-35-12-20(8-17(3)4)41-30(48)26-28(39-15-37-26)32(50)43-22(33(51)52)10-24(45)46/h14-22,35H,7-13,34H2,1-6H3,(H,36,38)(H,37,39)(H,40,47)(H,41,48)(H,42,49)(H,43,50)(H,45,46)(H,51,52)/t19-,20-,21-,22-/m0/s1. The van der Waals surface area contributed by atoms with Gasteiger partial charge in [0, 0.05) is 25.2 Å². The van der Waals surface area contributed by atoms with E-state index in [0.29, 0.717) is 19.3 Å². The normalized spacial score (nSPS) is 13.7. The second-order valence-corrected chi connectivity index (χ2v) is 13.8. The summed E-state index contributed by atoms with van der Waals surface area (Å²) in [5.41, 5.74) is 4.88. The third-order valence-electron chi connectivity index (χ3n) is 7.70. The van der Waals surface area contributed by atoms with E-state index < -0.39 is 60.1 Å². The molecule has 0 radical (unpaired) electrons. The third kappa shape index (κ3) is 13.9. The molecule has 0 fully saturated rings. The van der Waals surface area contributed by atoms with Crippen LogP contribution in [-0.2, 0) is 14.4 Å². The number of aliphatic carboxylic acids is 2. The van der Waals surface area contributed by atoms with Crippen molar-refractivity contribution >= 4 is 41.4 Å². The summed E-state index contributed by atoms with van der Waals surface area (Å²) < 4.78 is 0. The molecule has 4 atom stereocenters. The van der Waals surface area contributed by atoms with Crippen molar-refractivity contribution in [3.05, 3.63) is 35.4 Å². The summed E-state index contributed by atoms with van der Waals surface area (Å²) >= 11 is 0. The topological polar surface area (TPSA) is 303 Å². The number of nitrogens with two attached hydrogens (primary N) is 1. The van der Waals surface area contributed by atoms with Crippen LogP contribution in [0.3, 0.4) is 0 Å². The van der Waals surface area contributed by atoms with E-state index in [9.17, 15) is 38.7 Å². The van der Waals surface area contributed by atoms with Crippen molar-refractivity contribution in [3.63, 3.8) is 0 Å². The molecule has 11 N–H and O–H groups in total. The van der Waals surface area contributed by atoms with Crippen molar-refractivity contribution in [1.82, 2.24) is 46.5 Å². The highest BCUT2D eigenvalue weighted by Gasteiger charge is 2.30. The molecule has 2 heterocycles. The lowest BCUT2D eigenvalue weighted by atomic mass is 9.99. The number of imidazole rings is 2. The number of carbonyl (C=O) groups excluding carboxylic acids is 5. The quantitative estimate of drug-likeness (QED) is 0.0723. The van der Waals surface area contributed by atoms with Crippen LogP contribution in [0.4, 0.5) is 0 Å². The summed E-state index contributed by atoms with van der Waals surface area (Å²) in [6.45, 7) is 11.8. The predicted octanol–water partition coefficient (Wildman–Crippen LogP) is 0.0416. The van der Waals surface area contributed by atoms with E-state index in [4.69, 9.17) is 10.8 Å². The summed E-state index contributed by atoms with van der Waals surface area (Å²) in [4.78, 5) is 101. The SMILES string of the molecule is CC(C)C[C@@H](CNCC(=O)[C@H](CC(C)C)NC(=O)c1[nH]cnc1C(=O)N[C@H](CN)CC(C)C)NC(=O)c1nc[nH]c1C(=O)N[C@@H](CC(=O)O)C(=O)O. The number of Topliss-reactive ketones (excluding diaryl/α,β-unsaturated/α-hetero) is 1. The summed E-state index contributed by atoms with van der Waals surface area (Å²) in [5, 5.41) is 31.6. The number of amides is 4. The minimum Gasteiger partial charge on any atom is -0.481 e. The van der Waals surface area contributed by atoms with Crippen molar-refractivity contribution in [2.24, 2.45) is 23.5 Å². The molecule has 19 heteroatoms. The lowest BCUT2D eigenvalue weighted by molar-refractivity contribution is -0.145. The van der Waals surface area contributed by atoms with Crippen molar-refractivity contribution in [2.45, 2.75) is 91.4 Å². The van der Waals surface area contributed by atoms with E-state index in [1.165, 1.54) is 6.33 Å². The lowest BCUT2D eigenvalue weighted by Crippen LogP contribution is -2.49. The van der Waals surface area contributed by atoms with Gasteiger partial charge in [0.15, 0.2) is 17.2 Å². The number of hydrogen-bond acceptors (Lipinski definition) is 11. The van der Waals surface area contributed by atoms with E-state index in [1.807, 2.05) is 41.5 Å². The molecule has 0 aliphatic carbocycles. The van der Waals surface area contributed by atoms with Gasteiger partial charge in [-0.2, -0.15) is 0 Å². The monoisotopic (exact) mass is 732 g/mol. The Balaban J connectivity index is 2.10. The zero-order valence-corrected chi connectivity index (χ0v) is 30.4. The van der Waals surface area contributed by atoms with Crippen LogP contribution in [0.2, 0.25) is 0 Å². The Morgan fingerprint density at radius 3 is 1.58 bits per heavy atom. The molecular formula is C33H52N10O9. The number of hydrogen-bond donors (Lipinski definition) is 10. The molecule has 0 aliphatic heterocycles. The number of H-pyrrole nitrogens is 2.